The minimum atomic E-state index is -0.579. The van der Waals surface area contributed by atoms with Crippen molar-refractivity contribution in [1.82, 2.24) is 14.7 Å². The molecule has 1 N–H and O–H groups in total. The molecule has 3 aromatic rings. The first-order valence-electron chi connectivity index (χ1n) is 10.7. The van der Waals surface area contributed by atoms with Crippen LogP contribution in [-0.2, 0) is 9.53 Å². The average Bonchev–Trinajstić information content (AvgIpc) is 2.81. The van der Waals surface area contributed by atoms with Crippen molar-refractivity contribution in [3.63, 3.8) is 0 Å². The van der Waals surface area contributed by atoms with E-state index >= 15 is 0 Å². The predicted molar refractivity (Wildman–Crippen MR) is 125 cm³/mol. The van der Waals surface area contributed by atoms with Gasteiger partial charge in [0.2, 0.25) is 5.88 Å². The summed E-state index contributed by atoms with van der Waals surface area (Å²) < 4.78 is 12.6. The predicted octanol–water partition coefficient (Wildman–Crippen LogP) is 3.55. The summed E-state index contributed by atoms with van der Waals surface area (Å²) in [6.45, 7) is 7.20. The van der Waals surface area contributed by atoms with Crippen molar-refractivity contribution in [1.29, 1.82) is 5.26 Å². The molecule has 33 heavy (non-hydrogen) atoms. The minimum absolute atomic E-state index is 0.0145. The van der Waals surface area contributed by atoms with E-state index in [4.69, 9.17) is 9.47 Å². The average molecular weight is 447 g/mol. The second kappa shape index (κ2) is 11.1. The lowest BCUT2D eigenvalue weighted by Crippen LogP contribution is -2.27. The number of nitriles is 1. The first-order valence-corrected chi connectivity index (χ1v) is 10.7. The number of hydrogen-bond donors (Lipinski definition) is 1. The summed E-state index contributed by atoms with van der Waals surface area (Å²) in [5.74, 6) is -0.0169. The number of pyridine rings is 1. The van der Waals surface area contributed by atoms with Gasteiger partial charge in [0.05, 0.1) is 0 Å². The lowest BCUT2D eigenvalue weighted by atomic mass is 10.1. The van der Waals surface area contributed by atoms with Gasteiger partial charge >= 0.3 is 0 Å². The van der Waals surface area contributed by atoms with E-state index in [9.17, 15) is 14.9 Å². The maximum Gasteiger partial charge on any atom is 0.269 e. The fourth-order valence-electron chi connectivity index (χ4n) is 3.13. The Morgan fingerprint density at radius 3 is 2.82 bits per heavy atom. The number of ether oxygens (including phenoxy) is 2. The summed E-state index contributed by atoms with van der Waals surface area (Å²) in [5.41, 5.74) is 1.66. The largest absolute Gasteiger partial charge is 0.438 e. The van der Waals surface area contributed by atoms with Crippen LogP contribution in [-0.4, -0.2) is 35.1 Å². The number of aromatic nitrogens is 2. The fourth-order valence-corrected chi connectivity index (χ4v) is 3.13. The molecule has 170 valence electrons. The topological polar surface area (TPSA) is 106 Å². The summed E-state index contributed by atoms with van der Waals surface area (Å²) in [4.78, 5) is 30.3. The van der Waals surface area contributed by atoms with E-state index in [0.29, 0.717) is 37.6 Å². The van der Waals surface area contributed by atoms with E-state index in [1.165, 1.54) is 10.5 Å². The molecule has 0 unspecified atom stereocenters. The highest BCUT2D eigenvalue weighted by molar-refractivity contribution is 6.01. The molecular formula is C25H26N4O4. The Morgan fingerprint density at radius 1 is 1.24 bits per heavy atom. The number of carbonyl (C=O) groups excluding carboxylic acids is 1. The molecule has 8 nitrogen and oxygen atoms in total. The van der Waals surface area contributed by atoms with Gasteiger partial charge in [-0.1, -0.05) is 18.2 Å². The first-order chi connectivity index (χ1) is 16.0. The van der Waals surface area contributed by atoms with Crippen LogP contribution in [0.25, 0.3) is 11.7 Å². The van der Waals surface area contributed by atoms with Gasteiger partial charge in [0, 0.05) is 26.0 Å². The van der Waals surface area contributed by atoms with Gasteiger partial charge in [-0.15, -0.1) is 0 Å². The zero-order chi connectivity index (χ0) is 23.8. The molecule has 0 saturated carbocycles. The van der Waals surface area contributed by atoms with Gasteiger partial charge in [-0.2, -0.15) is 10.2 Å². The molecule has 3 rings (SSSR count). The van der Waals surface area contributed by atoms with Crippen molar-refractivity contribution in [3.05, 3.63) is 75.2 Å². The fraction of sp³-hybridized carbons (Fsp3) is 0.280. The second-order valence-electron chi connectivity index (χ2n) is 7.34. The Balaban J connectivity index is 2.02. The summed E-state index contributed by atoms with van der Waals surface area (Å²) in [7, 11) is 0. The van der Waals surface area contributed by atoms with E-state index in [1.807, 2.05) is 39.0 Å². The van der Waals surface area contributed by atoms with Crippen LogP contribution in [0.3, 0.4) is 0 Å². The van der Waals surface area contributed by atoms with Crippen molar-refractivity contribution >= 4 is 17.6 Å². The third-order valence-corrected chi connectivity index (χ3v) is 5.10. The second-order valence-corrected chi connectivity index (χ2v) is 7.34. The molecule has 2 heterocycles. The lowest BCUT2D eigenvalue weighted by Gasteiger charge is -2.13. The van der Waals surface area contributed by atoms with Crippen LogP contribution in [0.5, 0.6) is 11.6 Å². The number of nitrogens with one attached hydrogen (secondary N) is 1. The van der Waals surface area contributed by atoms with E-state index in [0.717, 1.165) is 11.1 Å². The highest BCUT2D eigenvalue weighted by atomic mass is 16.5. The molecule has 0 atom stereocenters. The van der Waals surface area contributed by atoms with Crippen molar-refractivity contribution in [2.24, 2.45) is 0 Å². The zero-order valence-corrected chi connectivity index (χ0v) is 18.9. The van der Waals surface area contributed by atoms with E-state index in [2.05, 4.69) is 10.3 Å². The third-order valence-electron chi connectivity index (χ3n) is 5.10. The van der Waals surface area contributed by atoms with Crippen LogP contribution in [0.1, 0.15) is 30.0 Å². The highest BCUT2D eigenvalue weighted by Gasteiger charge is 2.18. The van der Waals surface area contributed by atoms with Gasteiger partial charge in [0.15, 0.2) is 0 Å². The molecule has 1 aromatic carbocycles. The molecule has 0 spiro atoms. The number of amides is 1. The maximum absolute atomic E-state index is 13.2. The summed E-state index contributed by atoms with van der Waals surface area (Å²) in [6.07, 6.45) is 3.41. The normalized spacial score (nSPS) is 11.3. The molecule has 2 aromatic heterocycles. The maximum atomic E-state index is 13.2. The Morgan fingerprint density at radius 2 is 2.06 bits per heavy atom. The zero-order valence-electron chi connectivity index (χ0n) is 18.9. The summed E-state index contributed by atoms with van der Waals surface area (Å²) in [6, 6.07) is 12.6. The van der Waals surface area contributed by atoms with Gasteiger partial charge in [-0.05, 0) is 62.6 Å². The van der Waals surface area contributed by atoms with Gasteiger partial charge in [0.25, 0.3) is 11.5 Å². The summed E-state index contributed by atoms with van der Waals surface area (Å²) >= 11 is 0. The smallest absolute Gasteiger partial charge is 0.269 e. The van der Waals surface area contributed by atoms with Crippen molar-refractivity contribution < 1.29 is 14.3 Å². The first kappa shape index (κ1) is 23.7. The number of rotatable bonds is 9. The molecule has 0 aliphatic rings. The Kier molecular flexibility index (Phi) is 7.95. The number of fused-ring (bicyclic) bond motifs is 1. The van der Waals surface area contributed by atoms with Crippen molar-refractivity contribution in [3.8, 4) is 17.7 Å². The van der Waals surface area contributed by atoms with Crippen molar-refractivity contribution in [2.45, 2.75) is 27.2 Å². The standard InChI is InChI=1S/C25H26N4O4/c1-4-32-14-8-12-27-23(30)19(16-26)15-20-24(33-21-10-7-9-17(2)18(21)3)28-22-11-5-6-13-29(22)25(20)31/h5-7,9-11,13,15H,4,8,12,14H2,1-3H3,(H,27,30). The van der Waals surface area contributed by atoms with Crippen LogP contribution in [0.2, 0.25) is 0 Å². The Bertz CT molecular complexity index is 1290. The van der Waals surface area contributed by atoms with E-state index < -0.39 is 11.5 Å². The lowest BCUT2D eigenvalue weighted by molar-refractivity contribution is -0.117. The van der Waals surface area contributed by atoms with Crippen LogP contribution in [0, 0.1) is 25.2 Å². The molecule has 0 aliphatic heterocycles. The third kappa shape index (κ3) is 5.64. The Labute approximate surface area is 192 Å². The van der Waals surface area contributed by atoms with Crippen LogP contribution in [0.15, 0.2) is 53.0 Å². The highest BCUT2D eigenvalue weighted by Crippen LogP contribution is 2.28. The molecule has 0 aliphatic carbocycles. The molecule has 0 bridgehead atoms. The molecule has 1 amide bonds. The minimum Gasteiger partial charge on any atom is -0.438 e. The Hall–Kier alpha value is -3.96. The number of carbonyl (C=O) groups is 1. The van der Waals surface area contributed by atoms with E-state index in [-0.39, 0.29) is 17.0 Å². The number of aryl methyl sites for hydroxylation is 1. The van der Waals surface area contributed by atoms with Gasteiger partial charge in [0.1, 0.15) is 28.6 Å². The van der Waals surface area contributed by atoms with Gasteiger partial charge in [-0.3, -0.25) is 14.0 Å². The molecular weight excluding hydrogens is 420 g/mol. The SMILES string of the molecule is CCOCCCNC(=O)C(C#N)=Cc1c(Oc2cccc(C)c2C)nc2ccccn2c1=O. The van der Waals surface area contributed by atoms with Gasteiger partial charge in [-0.25, -0.2) is 0 Å². The molecule has 0 fully saturated rings. The quantitative estimate of drug-likeness (QED) is 0.306. The number of hydrogen-bond acceptors (Lipinski definition) is 6. The number of nitrogens with zero attached hydrogens (tertiary/aromatic N) is 3. The number of benzene rings is 1. The van der Waals surface area contributed by atoms with Gasteiger partial charge < -0.3 is 14.8 Å². The summed E-state index contributed by atoms with van der Waals surface area (Å²) in [5, 5.41) is 12.3. The monoisotopic (exact) mass is 446 g/mol. The molecule has 8 heteroatoms. The van der Waals surface area contributed by atoms with Crippen LogP contribution in [0.4, 0.5) is 0 Å². The molecule has 0 saturated heterocycles. The van der Waals surface area contributed by atoms with E-state index in [1.54, 1.807) is 30.5 Å². The van der Waals surface area contributed by atoms with Crippen LogP contribution < -0.4 is 15.6 Å². The van der Waals surface area contributed by atoms with Crippen LogP contribution >= 0.6 is 0 Å². The van der Waals surface area contributed by atoms with Crippen molar-refractivity contribution in [2.75, 3.05) is 19.8 Å². The molecule has 0 radical (unpaired) electrons.